The van der Waals surface area contributed by atoms with Crippen LogP contribution in [0.5, 0.6) is 0 Å². The van der Waals surface area contributed by atoms with Gasteiger partial charge >= 0.3 is 5.97 Å². The number of pyridine rings is 1. The van der Waals surface area contributed by atoms with Crippen LogP contribution in [-0.2, 0) is 6.54 Å². The van der Waals surface area contributed by atoms with Gasteiger partial charge in [-0.05, 0) is 26.0 Å². The number of hydrogen-bond acceptors (Lipinski definition) is 6. The smallest absolute Gasteiger partial charge is 0.354 e. The molecule has 1 aliphatic heterocycles. The molecule has 1 N–H and O–H groups in total. The summed E-state index contributed by atoms with van der Waals surface area (Å²) in [5.74, 6) is -0.0317. The van der Waals surface area contributed by atoms with Crippen LogP contribution >= 0.6 is 0 Å². The zero-order valence-electron chi connectivity index (χ0n) is 13.9. The van der Waals surface area contributed by atoms with E-state index in [1.54, 1.807) is 12.3 Å². The topological polar surface area (TPSA) is 82.5 Å². The standard InChI is InChI=1S/C17H21N5O2/c1-12-10-18-13(2)16(19-12)22-8-6-21(7-9-22)11-14-4-3-5-15(20-14)17(23)24/h3-5,10H,6-9,11H2,1-2H3,(H,23,24). The lowest BCUT2D eigenvalue weighted by atomic mass is 10.2. The van der Waals surface area contributed by atoms with Crippen molar-refractivity contribution in [2.45, 2.75) is 20.4 Å². The molecule has 0 unspecified atom stereocenters. The first kappa shape index (κ1) is 16.3. The van der Waals surface area contributed by atoms with Gasteiger partial charge in [0.05, 0.1) is 17.1 Å². The van der Waals surface area contributed by atoms with Crippen molar-refractivity contribution in [3.05, 3.63) is 47.2 Å². The number of carboxylic acid groups (broad SMARTS) is 1. The third-order valence-corrected chi connectivity index (χ3v) is 4.13. The van der Waals surface area contributed by atoms with Crippen molar-refractivity contribution < 1.29 is 9.90 Å². The number of aromatic carboxylic acids is 1. The molecule has 3 rings (SSSR count). The van der Waals surface area contributed by atoms with Crippen LogP contribution in [0.25, 0.3) is 0 Å². The number of aryl methyl sites for hydroxylation is 2. The monoisotopic (exact) mass is 327 g/mol. The molecule has 0 aliphatic carbocycles. The molecule has 3 heterocycles. The minimum absolute atomic E-state index is 0.0943. The van der Waals surface area contributed by atoms with Crippen LogP contribution in [0, 0.1) is 13.8 Å². The van der Waals surface area contributed by atoms with Crippen molar-refractivity contribution in [1.29, 1.82) is 0 Å². The molecule has 2 aromatic rings. The van der Waals surface area contributed by atoms with Crippen LogP contribution in [-0.4, -0.2) is 57.1 Å². The van der Waals surface area contributed by atoms with Crippen molar-refractivity contribution in [1.82, 2.24) is 19.9 Å². The van der Waals surface area contributed by atoms with E-state index in [1.165, 1.54) is 6.07 Å². The fourth-order valence-electron chi connectivity index (χ4n) is 2.86. The lowest BCUT2D eigenvalue weighted by Gasteiger charge is -2.35. The van der Waals surface area contributed by atoms with Crippen molar-refractivity contribution in [3.8, 4) is 0 Å². The number of rotatable bonds is 4. The van der Waals surface area contributed by atoms with Gasteiger partial charge in [-0.3, -0.25) is 9.88 Å². The molecule has 7 heteroatoms. The molecule has 1 aliphatic rings. The fourth-order valence-corrected chi connectivity index (χ4v) is 2.86. The zero-order valence-corrected chi connectivity index (χ0v) is 13.9. The summed E-state index contributed by atoms with van der Waals surface area (Å²) in [6.45, 7) is 8.10. The highest BCUT2D eigenvalue weighted by Crippen LogP contribution is 2.18. The Labute approximate surface area is 141 Å². The highest BCUT2D eigenvalue weighted by Gasteiger charge is 2.20. The number of carboxylic acids is 1. The molecule has 0 saturated carbocycles. The Morgan fingerprint density at radius 1 is 1.17 bits per heavy atom. The van der Waals surface area contributed by atoms with E-state index in [9.17, 15) is 4.79 Å². The molecule has 7 nitrogen and oxygen atoms in total. The first-order valence-corrected chi connectivity index (χ1v) is 7.99. The Morgan fingerprint density at radius 3 is 2.62 bits per heavy atom. The van der Waals surface area contributed by atoms with Gasteiger partial charge in [0.15, 0.2) is 0 Å². The molecule has 0 radical (unpaired) electrons. The van der Waals surface area contributed by atoms with E-state index in [4.69, 9.17) is 5.11 Å². The molecule has 2 aromatic heterocycles. The zero-order chi connectivity index (χ0) is 17.1. The Hall–Kier alpha value is -2.54. The van der Waals surface area contributed by atoms with Crippen LogP contribution in [0.2, 0.25) is 0 Å². The maximum absolute atomic E-state index is 11.0. The summed E-state index contributed by atoms with van der Waals surface area (Å²) in [4.78, 5) is 28.7. The lowest BCUT2D eigenvalue weighted by molar-refractivity contribution is 0.0690. The van der Waals surface area contributed by atoms with Crippen LogP contribution in [0.1, 0.15) is 27.6 Å². The van der Waals surface area contributed by atoms with E-state index in [1.807, 2.05) is 19.9 Å². The average molecular weight is 327 g/mol. The highest BCUT2D eigenvalue weighted by atomic mass is 16.4. The summed E-state index contributed by atoms with van der Waals surface area (Å²) in [5.41, 5.74) is 2.75. The Morgan fingerprint density at radius 2 is 1.92 bits per heavy atom. The third kappa shape index (κ3) is 3.68. The molecule has 0 bridgehead atoms. The minimum atomic E-state index is -0.991. The quantitative estimate of drug-likeness (QED) is 0.911. The van der Waals surface area contributed by atoms with E-state index in [-0.39, 0.29) is 5.69 Å². The van der Waals surface area contributed by atoms with Crippen LogP contribution in [0.15, 0.2) is 24.4 Å². The third-order valence-electron chi connectivity index (χ3n) is 4.13. The Bertz CT molecular complexity index is 742. The largest absolute Gasteiger partial charge is 0.477 e. The van der Waals surface area contributed by atoms with Gasteiger partial charge < -0.3 is 10.0 Å². The SMILES string of the molecule is Cc1cnc(C)c(N2CCN(Cc3cccc(C(=O)O)n3)CC2)n1. The van der Waals surface area contributed by atoms with Crippen molar-refractivity contribution in [2.75, 3.05) is 31.1 Å². The number of carbonyl (C=O) groups is 1. The molecular formula is C17H21N5O2. The summed E-state index contributed by atoms with van der Waals surface area (Å²) in [7, 11) is 0. The predicted molar refractivity (Wildman–Crippen MR) is 90.2 cm³/mol. The first-order chi connectivity index (χ1) is 11.5. The van der Waals surface area contributed by atoms with Crippen molar-refractivity contribution in [3.63, 3.8) is 0 Å². The van der Waals surface area contributed by atoms with Crippen molar-refractivity contribution in [2.24, 2.45) is 0 Å². The van der Waals surface area contributed by atoms with Gasteiger partial charge in [0.2, 0.25) is 0 Å². The summed E-state index contributed by atoms with van der Waals surface area (Å²) < 4.78 is 0. The van der Waals surface area contributed by atoms with Gasteiger partial charge in [-0.1, -0.05) is 6.07 Å². The molecule has 0 spiro atoms. The first-order valence-electron chi connectivity index (χ1n) is 7.99. The van der Waals surface area contributed by atoms with Gasteiger partial charge in [-0.25, -0.2) is 14.8 Å². The summed E-state index contributed by atoms with van der Waals surface area (Å²) in [6.07, 6.45) is 1.79. The molecule has 0 atom stereocenters. The molecule has 0 aromatic carbocycles. The highest BCUT2D eigenvalue weighted by molar-refractivity contribution is 5.85. The Kier molecular flexibility index (Phi) is 4.71. The summed E-state index contributed by atoms with van der Waals surface area (Å²) in [5, 5.41) is 9.03. The van der Waals surface area contributed by atoms with E-state index in [0.717, 1.165) is 49.1 Å². The second kappa shape index (κ2) is 6.92. The van der Waals surface area contributed by atoms with Gasteiger partial charge in [0.25, 0.3) is 0 Å². The number of nitrogens with zero attached hydrogens (tertiary/aromatic N) is 5. The molecule has 126 valence electrons. The fraction of sp³-hybridized carbons (Fsp3) is 0.412. The molecular weight excluding hydrogens is 306 g/mol. The van der Waals surface area contributed by atoms with E-state index < -0.39 is 5.97 Å². The number of aromatic nitrogens is 3. The van der Waals surface area contributed by atoms with E-state index in [0.29, 0.717) is 6.54 Å². The van der Waals surface area contributed by atoms with E-state index >= 15 is 0 Å². The second-order valence-corrected chi connectivity index (χ2v) is 6.00. The molecule has 1 fully saturated rings. The van der Waals surface area contributed by atoms with Crippen LogP contribution in [0.3, 0.4) is 0 Å². The van der Waals surface area contributed by atoms with Gasteiger partial charge in [-0.2, -0.15) is 0 Å². The van der Waals surface area contributed by atoms with Crippen molar-refractivity contribution >= 4 is 11.8 Å². The summed E-state index contributed by atoms with van der Waals surface area (Å²) >= 11 is 0. The molecule has 1 saturated heterocycles. The minimum Gasteiger partial charge on any atom is -0.477 e. The normalized spacial score (nSPS) is 15.5. The predicted octanol–water partition coefficient (Wildman–Crippen LogP) is 1.51. The molecule has 24 heavy (non-hydrogen) atoms. The second-order valence-electron chi connectivity index (χ2n) is 6.00. The van der Waals surface area contributed by atoms with Crippen LogP contribution < -0.4 is 4.90 Å². The maximum Gasteiger partial charge on any atom is 0.354 e. The van der Waals surface area contributed by atoms with Gasteiger partial charge in [0.1, 0.15) is 11.5 Å². The van der Waals surface area contributed by atoms with Gasteiger partial charge in [0, 0.05) is 38.9 Å². The maximum atomic E-state index is 11.0. The number of anilines is 1. The van der Waals surface area contributed by atoms with E-state index in [2.05, 4.69) is 24.8 Å². The molecule has 0 amide bonds. The Balaban J connectivity index is 1.62. The number of piperazine rings is 1. The summed E-state index contributed by atoms with van der Waals surface area (Å²) in [6, 6.07) is 5.13. The lowest BCUT2D eigenvalue weighted by Crippen LogP contribution is -2.46. The number of hydrogen-bond donors (Lipinski definition) is 1. The van der Waals surface area contributed by atoms with Crippen LogP contribution in [0.4, 0.5) is 5.82 Å². The average Bonchev–Trinajstić information content (AvgIpc) is 2.58. The van der Waals surface area contributed by atoms with Gasteiger partial charge in [-0.15, -0.1) is 0 Å².